The van der Waals surface area contributed by atoms with E-state index in [0.717, 1.165) is 66.8 Å². The van der Waals surface area contributed by atoms with Crippen LogP contribution in [0.1, 0.15) is 0 Å². The van der Waals surface area contributed by atoms with E-state index >= 15 is 0 Å². The number of rotatable bonds is 10. The molecule has 0 saturated heterocycles. The van der Waals surface area contributed by atoms with Gasteiger partial charge in [-0.25, -0.2) is 15.0 Å². The molecule has 0 N–H and O–H groups in total. The fourth-order valence-electron chi connectivity index (χ4n) is 8.96. The molecule has 10 aromatic carbocycles. The highest BCUT2D eigenvalue weighted by Crippen LogP contribution is 2.51. The molecular formula is C63H43N3. The Balaban J connectivity index is 1.14. The van der Waals surface area contributed by atoms with Gasteiger partial charge in [0.15, 0.2) is 17.5 Å². The van der Waals surface area contributed by atoms with Crippen LogP contribution < -0.4 is 0 Å². The van der Waals surface area contributed by atoms with E-state index in [9.17, 15) is 0 Å². The van der Waals surface area contributed by atoms with Crippen LogP contribution in [-0.4, -0.2) is 15.0 Å². The minimum atomic E-state index is 0.626. The van der Waals surface area contributed by atoms with Crippen molar-refractivity contribution >= 4 is 0 Å². The number of hydrogen-bond acceptors (Lipinski definition) is 3. The molecule has 0 bridgehead atoms. The summed E-state index contributed by atoms with van der Waals surface area (Å²) < 4.78 is 0. The lowest BCUT2D eigenvalue weighted by Gasteiger charge is -2.25. The number of aromatic nitrogens is 3. The predicted octanol–water partition coefficient (Wildman–Crippen LogP) is 16.5. The van der Waals surface area contributed by atoms with Crippen LogP contribution in [0.25, 0.3) is 112 Å². The Morgan fingerprint density at radius 1 is 0.167 bits per heavy atom. The second-order valence-corrected chi connectivity index (χ2v) is 16.3. The number of nitrogens with zero attached hydrogens (tertiary/aromatic N) is 3. The zero-order valence-electron chi connectivity index (χ0n) is 36.2. The molecule has 0 aliphatic rings. The minimum Gasteiger partial charge on any atom is -0.208 e. The van der Waals surface area contributed by atoms with Crippen molar-refractivity contribution < 1.29 is 0 Å². The maximum absolute atomic E-state index is 5.02. The van der Waals surface area contributed by atoms with Gasteiger partial charge in [0.1, 0.15) is 0 Å². The summed E-state index contributed by atoms with van der Waals surface area (Å²) in [6, 6.07) is 92.5. The summed E-state index contributed by atoms with van der Waals surface area (Å²) >= 11 is 0. The van der Waals surface area contributed by atoms with Crippen LogP contribution in [0.5, 0.6) is 0 Å². The Kier molecular flexibility index (Phi) is 11.0. The van der Waals surface area contributed by atoms with Crippen molar-refractivity contribution in [2.45, 2.75) is 0 Å². The fraction of sp³-hybridized carbons (Fsp3) is 0. The Morgan fingerprint density at radius 3 is 0.818 bits per heavy atom. The van der Waals surface area contributed by atoms with Gasteiger partial charge >= 0.3 is 0 Å². The largest absolute Gasteiger partial charge is 0.208 e. The maximum Gasteiger partial charge on any atom is 0.164 e. The van der Waals surface area contributed by atoms with Crippen molar-refractivity contribution in [3.8, 4) is 112 Å². The molecule has 0 spiro atoms. The fourth-order valence-corrected chi connectivity index (χ4v) is 8.96. The molecule has 0 aliphatic heterocycles. The maximum atomic E-state index is 5.02. The van der Waals surface area contributed by atoms with Crippen molar-refractivity contribution in [2.24, 2.45) is 0 Å². The van der Waals surface area contributed by atoms with Crippen molar-refractivity contribution in [1.29, 1.82) is 0 Å². The third-order valence-corrected chi connectivity index (χ3v) is 12.1. The topological polar surface area (TPSA) is 38.7 Å². The van der Waals surface area contributed by atoms with Crippen molar-refractivity contribution in [3.05, 3.63) is 261 Å². The van der Waals surface area contributed by atoms with E-state index in [1.807, 2.05) is 60.7 Å². The van der Waals surface area contributed by atoms with Gasteiger partial charge in [-0.3, -0.25) is 0 Å². The van der Waals surface area contributed by atoms with Crippen LogP contribution in [0, 0.1) is 0 Å². The third kappa shape index (κ3) is 8.14. The lowest BCUT2D eigenvalue weighted by atomic mass is 9.78. The van der Waals surface area contributed by atoms with Gasteiger partial charge in [-0.15, -0.1) is 0 Å². The minimum absolute atomic E-state index is 0.626. The molecule has 0 radical (unpaired) electrons. The van der Waals surface area contributed by atoms with Gasteiger partial charge in [0.25, 0.3) is 0 Å². The van der Waals surface area contributed by atoms with Crippen LogP contribution in [0.2, 0.25) is 0 Å². The third-order valence-electron chi connectivity index (χ3n) is 12.1. The molecule has 3 heteroatoms. The SMILES string of the molecule is c1ccc(-c2cc(-c3ccc(-c4nc(-c5ccccc5)nc(-c5ccccc5)n4)cc3)cc(-c3cc(-c4ccccc4)c(-c4ccccc4)c(-c4ccccc4)c3-c3ccccc3)c2)cc1. The highest BCUT2D eigenvalue weighted by molar-refractivity contribution is 6.08. The quantitative estimate of drug-likeness (QED) is 0.138. The first-order valence-electron chi connectivity index (χ1n) is 22.3. The molecule has 0 unspecified atom stereocenters. The Bertz CT molecular complexity index is 3340. The van der Waals surface area contributed by atoms with E-state index in [1.54, 1.807) is 0 Å². The van der Waals surface area contributed by atoms with Crippen molar-refractivity contribution in [3.63, 3.8) is 0 Å². The van der Waals surface area contributed by atoms with E-state index in [1.165, 1.54) is 27.8 Å². The molecule has 11 aromatic rings. The number of benzene rings is 10. The van der Waals surface area contributed by atoms with Crippen molar-refractivity contribution in [1.82, 2.24) is 15.0 Å². The van der Waals surface area contributed by atoms with Gasteiger partial charge < -0.3 is 0 Å². The average Bonchev–Trinajstić information content (AvgIpc) is 3.42. The molecule has 0 atom stereocenters. The highest BCUT2D eigenvalue weighted by Gasteiger charge is 2.24. The molecule has 0 aliphatic carbocycles. The molecular weight excluding hydrogens is 799 g/mol. The second-order valence-electron chi connectivity index (χ2n) is 16.3. The summed E-state index contributed by atoms with van der Waals surface area (Å²) in [5.74, 6) is 1.91. The molecule has 11 rings (SSSR count). The molecule has 310 valence electrons. The van der Waals surface area contributed by atoms with Crippen molar-refractivity contribution in [2.75, 3.05) is 0 Å². The molecule has 66 heavy (non-hydrogen) atoms. The predicted molar refractivity (Wildman–Crippen MR) is 274 cm³/mol. The van der Waals surface area contributed by atoms with Crippen LogP contribution in [0.4, 0.5) is 0 Å². The second kappa shape index (κ2) is 18.1. The van der Waals surface area contributed by atoms with Crippen LogP contribution >= 0.6 is 0 Å². The molecule has 1 heterocycles. The summed E-state index contributed by atoms with van der Waals surface area (Å²) in [6.07, 6.45) is 0. The van der Waals surface area contributed by atoms with Crippen LogP contribution in [0.15, 0.2) is 261 Å². The first kappa shape index (κ1) is 40.0. The van der Waals surface area contributed by atoms with Crippen LogP contribution in [0.3, 0.4) is 0 Å². The summed E-state index contributed by atoms with van der Waals surface area (Å²) in [5.41, 5.74) is 19.0. The normalized spacial score (nSPS) is 11.0. The van der Waals surface area contributed by atoms with Gasteiger partial charge in [-0.05, 0) is 102 Å². The summed E-state index contributed by atoms with van der Waals surface area (Å²) in [6.45, 7) is 0. The molecule has 0 saturated carbocycles. The summed E-state index contributed by atoms with van der Waals surface area (Å²) in [5, 5.41) is 0. The van der Waals surface area contributed by atoms with Crippen LogP contribution in [-0.2, 0) is 0 Å². The van der Waals surface area contributed by atoms with Gasteiger partial charge in [0.2, 0.25) is 0 Å². The monoisotopic (exact) mass is 841 g/mol. The Labute approximate surface area is 386 Å². The van der Waals surface area contributed by atoms with E-state index in [2.05, 4.69) is 200 Å². The smallest absolute Gasteiger partial charge is 0.164 e. The first-order valence-corrected chi connectivity index (χ1v) is 22.3. The molecule has 1 aromatic heterocycles. The first-order chi connectivity index (χ1) is 32.7. The summed E-state index contributed by atoms with van der Waals surface area (Å²) in [7, 11) is 0. The van der Waals surface area contributed by atoms with Gasteiger partial charge in [0, 0.05) is 16.7 Å². The lowest BCUT2D eigenvalue weighted by Crippen LogP contribution is -2.00. The highest BCUT2D eigenvalue weighted by atomic mass is 15.0. The zero-order chi connectivity index (χ0) is 44.1. The van der Waals surface area contributed by atoms with Gasteiger partial charge in [-0.2, -0.15) is 0 Å². The van der Waals surface area contributed by atoms with Gasteiger partial charge in [0.05, 0.1) is 0 Å². The molecule has 0 amide bonds. The standard InChI is InChI=1S/C63H43N3/c1-8-22-44(23-9-1)53-40-54(45-36-38-52(39-37-45)63-65-61(50-32-18-6-19-33-50)64-62(66-63)51-34-20-7-21-35-51)42-55(41-53)57-43-56(46-24-10-2-11-25-46)58(47-26-12-3-13-27-47)60(49-30-16-5-17-31-49)59(57)48-28-14-4-15-29-48/h1-43H. The summed E-state index contributed by atoms with van der Waals surface area (Å²) in [4.78, 5) is 15.0. The van der Waals surface area contributed by atoms with E-state index in [4.69, 9.17) is 15.0 Å². The average molecular weight is 842 g/mol. The molecule has 0 fully saturated rings. The number of hydrogen-bond donors (Lipinski definition) is 0. The van der Waals surface area contributed by atoms with E-state index in [-0.39, 0.29) is 0 Å². The Hall–Kier alpha value is -8.79. The van der Waals surface area contributed by atoms with E-state index < -0.39 is 0 Å². The lowest BCUT2D eigenvalue weighted by molar-refractivity contribution is 1.07. The molecule has 3 nitrogen and oxygen atoms in total. The van der Waals surface area contributed by atoms with E-state index in [0.29, 0.717) is 17.5 Å². The zero-order valence-corrected chi connectivity index (χ0v) is 36.2. The Morgan fingerprint density at radius 2 is 0.424 bits per heavy atom. The van der Waals surface area contributed by atoms with Gasteiger partial charge in [-0.1, -0.05) is 237 Å².